The van der Waals surface area contributed by atoms with Crippen molar-refractivity contribution in [2.45, 2.75) is 38.6 Å². The van der Waals surface area contributed by atoms with E-state index in [2.05, 4.69) is 5.32 Å². The number of halogens is 1. The first-order valence-electron chi connectivity index (χ1n) is 6.13. The van der Waals surface area contributed by atoms with Gasteiger partial charge in [0.1, 0.15) is 11.8 Å². The molecule has 1 amide bonds. The highest BCUT2D eigenvalue weighted by atomic mass is 19.1. The van der Waals surface area contributed by atoms with E-state index in [4.69, 9.17) is 4.74 Å². The van der Waals surface area contributed by atoms with Crippen molar-refractivity contribution in [3.8, 4) is 0 Å². The van der Waals surface area contributed by atoms with Gasteiger partial charge in [-0.25, -0.2) is 9.18 Å². The maximum atomic E-state index is 14.2. The number of carbonyl (C=O) groups excluding carboxylic acids is 1. The molecule has 0 bridgehead atoms. The highest BCUT2D eigenvalue weighted by Gasteiger charge is 2.26. The zero-order valence-corrected chi connectivity index (χ0v) is 11.4. The van der Waals surface area contributed by atoms with Gasteiger partial charge in [-0.15, -0.1) is 0 Å². The van der Waals surface area contributed by atoms with Crippen molar-refractivity contribution in [1.82, 2.24) is 5.32 Å². The summed E-state index contributed by atoms with van der Waals surface area (Å²) in [5, 5.41) is 11.5. The number of ether oxygens (including phenoxy) is 1. The molecule has 0 heterocycles. The normalized spacial score (nSPS) is 14.6. The summed E-state index contributed by atoms with van der Waals surface area (Å²) in [5.74, 6) is 0. The molecule has 5 heteroatoms. The number of carbonyl (C=O) groups is 1. The van der Waals surface area contributed by atoms with E-state index in [1.807, 2.05) is 0 Å². The molecule has 0 saturated carbocycles. The summed E-state index contributed by atoms with van der Waals surface area (Å²) in [5.41, 5.74) is -0.263. The Hall–Kier alpha value is -1.62. The Morgan fingerprint density at radius 1 is 1.37 bits per heavy atom. The molecule has 2 unspecified atom stereocenters. The third-order valence-electron chi connectivity index (χ3n) is 2.37. The number of hydrogen-bond donors (Lipinski definition) is 2. The Balaban J connectivity index is 2.66. The molecule has 0 aliphatic carbocycles. The van der Waals surface area contributed by atoms with E-state index in [-0.39, 0.29) is 0 Å². The maximum absolute atomic E-state index is 14.2. The van der Waals surface area contributed by atoms with Gasteiger partial charge in [0.2, 0.25) is 0 Å². The molecule has 0 aliphatic heterocycles. The Morgan fingerprint density at radius 3 is 2.42 bits per heavy atom. The molecule has 1 aromatic rings. The van der Waals surface area contributed by atoms with Gasteiger partial charge in [-0.3, -0.25) is 0 Å². The molecule has 2 atom stereocenters. The first-order chi connectivity index (χ1) is 8.83. The highest BCUT2D eigenvalue weighted by molar-refractivity contribution is 5.68. The first kappa shape index (κ1) is 15.4. The lowest BCUT2D eigenvalue weighted by atomic mass is 10.0. The van der Waals surface area contributed by atoms with Crippen LogP contribution in [0.5, 0.6) is 0 Å². The molecule has 1 aromatic carbocycles. The van der Waals surface area contributed by atoms with Gasteiger partial charge >= 0.3 is 6.09 Å². The SMILES string of the molecule is CC(C)(C)OC(=O)NC(CO)C(F)c1ccccc1. The predicted molar refractivity (Wildman–Crippen MR) is 70.5 cm³/mol. The molecule has 2 N–H and O–H groups in total. The molecule has 0 fully saturated rings. The summed E-state index contributed by atoms with van der Waals surface area (Å²) < 4.78 is 19.2. The van der Waals surface area contributed by atoms with Crippen LogP contribution in [0.4, 0.5) is 9.18 Å². The smallest absolute Gasteiger partial charge is 0.408 e. The number of alkyl carbamates (subject to hydrolysis) is 1. The molecular formula is C14H20FNO3. The summed E-state index contributed by atoms with van der Waals surface area (Å²) in [6.45, 7) is 4.63. The van der Waals surface area contributed by atoms with Crippen molar-refractivity contribution < 1.29 is 19.0 Å². The standard InChI is InChI=1S/C14H20FNO3/c1-14(2,3)19-13(18)16-11(9-17)12(15)10-7-5-4-6-8-10/h4-8,11-12,17H,9H2,1-3H3,(H,16,18). The van der Waals surface area contributed by atoms with Gasteiger partial charge in [-0.1, -0.05) is 30.3 Å². The van der Waals surface area contributed by atoms with Crippen molar-refractivity contribution in [2.75, 3.05) is 6.61 Å². The van der Waals surface area contributed by atoms with Crippen molar-refractivity contribution in [3.63, 3.8) is 0 Å². The van der Waals surface area contributed by atoms with Crippen LogP contribution < -0.4 is 5.32 Å². The third-order valence-corrected chi connectivity index (χ3v) is 2.37. The number of alkyl halides is 1. The van der Waals surface area contributed by atoms with Crippen LogP contribution in [0, 0.1) is 0 Å². The Morgan fingerprint density at radius 2 is 1.95 bits per heavy atom. The van der Waals surface area contributed by atoms with Crippen LogP contribution in [0.25, 0.3) is 0 Å². The predicted octanol–water partition coefficient (Wildman–Crippen LogP) is 2.58. The second kappa shape index (κ2) is 6.52. The maximum Gasteiger partial charge on any atom is 0.408 e. The second-order valence-electron chi connectivity index (χ2n) is 5.25. The van der Waals surface area contributed by atoms with Gasteiger partial charge in [0.15, 0.2) is 0 Å². The fourth-order valence-electron chi connectivity index (χ4n) is 1.54. The molecule has 0 aliphatic rings. The van der Waals surface area contributed by atoms with Crippen molar-refractivity contribution in [3.05, 3.63) is 35.9 Å². The van der Waals surface area contributed by atoms with E-state index < -0.39 is 30.5 Å². The Kier molecular flexibility index (Phi) is 5.30. The topological polar surface area (TPSA) is 58.6 Å². The third kappa shape index (κ3) is 5.26. The minimum absolute atomic E-state index is 0.401. The highest BCUT2D eigenvalue weighted by Crippen LogP contribution is 2.21. The Labute approximate surface area is 112 Å². The molecule has 1 rings (SSSR count). The van der Waals surface area contributed by atoms with Crippen LogP contribution in [0.1, 0.15) is 32.5 Å². The van der Waals surface area contributed by atoms with Gasteiger partial charge in [0, 0.05) is 0 Å². The second-order valence-corrected chi connectivity index (χ2v) is 5.25. The molecule has 0 spiro atoms. The lowest BCUT2D eigenvalue weighted by molar-refractivity contribution is 0.0434. The summed E-state index contributed by atoms with van der Waals surface area (Å²) in [4.78, 5) is 11.6. The van der Waals surface area contributed by atoms with Crippen LogP contribution in [-0.2, 0) is 4.74 Å². The monoisotopic (exact) mass is 269 g/mol. The average molecular weight is 269 g/mol. The number of hydrogen-bond acceptors (Lipinski definition) is 3. The Bertz CT molecular complexity index is 403. The van der Waals surface area contributed by atoms with Gasteiger partial charge in [0.25, 0.3) is 0 Å². The van der Waals surface area contributed by atoms with E-state index in [9.17, 15) is 14.3 Å². The molecule has 0 aromatic heterocycles. The summed E-state index contributed by atoms with van der Waals surface area (Å²) in [6.07, 6.45) is -2.23. The zero-order chi connectivity index (χ0) is 14.5. The van der Waals surface area contributed by atoms with Crippen LogP contribution >= 0.6 is 0 Å². The van der Waals surface area contributed by atoms with E-state index >= 15 is 0 Å². The lowest BCUT2D eigenvalue weighted by Crippen LogP contribution is -2.43. The van der Waals surface area contributed by atoms with Crippen LogP contribution in [0.3, 0.4) is 0 Å². The van der Waals surface area contributed by atoms with Crippen LogP contribution in [0.2, 0.25) is 0 Å². The number of nitrogens with one attached hydrogen (secondary N) is 1. The largest absolute Gasteiger partial charge is 0.444 e. The molecule has 4 nitrogen and oxygen atoms in total. The minimum atomic E-state index is -1.49. The van der Waals surface area contributed by atoms with Gasteiger partial charge in [-0.05, 0) is 26.3 Å². The molecular weight excluding hydrogens is 249 g/mol. The quantitative estimate of drug-likeness (QED) is 0.883. The summed E-state index contributed by atoms with van der Waals surface area (Å²) in [6, 6.07) is 7.34. The average Bonchev–Trinajstić information content (AvgIpc) is 2.34. The van der Waals surface area contributed by atoms with Gasteiger partial charge in [0.05, 0.1) is 12.6 Å². The first-order valence-corrected chi connectivity index (χ1v) is 6.13. The van der Waals surface area contributed by atoms with Crippen molar-refractivity contribution in [2.24, 2.45) is 0 Å². The van der Waals surface area contributed by atoms with E-state index in [1.165, 1.54) is 0 Å². The number of amides is 1. The summed E-state index contributed by atoms with van der Waals surface area (Å²) in [7, 11) is 0. The van der Waals surface area contributed by atoms with Crippen LogP contribution in [0.15, 0.2) is 30.3 Å². The zero-order valence-electron chi connectivity index (χ0n) is 11.4. The molecule has 0 radical (unpaired) electrons. The summed E-state index contributed by atoms with van der Waals surface area (Å²) >= 11 is 0. The molecule has 106 valence electrons. The van der Waals surface area contributed by atoms with E-state index in [1.54, 1.807) is 51.1 Å². The molecule has 0 saturated heterocycles. The van der Waals surface area contributed by atoms with Gasteiger partial charge < -0.3 is 15.2 Å². The number of benzene rings is 1. The number of aliphatic hydroxyl groups excluding tert-OH is 1. The lowest BCUT2D eigenvalue weighted by Gasteiger charge is -2.24. The molecule has 19 heavy (non-hydrogen) atoms. The fourth-order valence-corrected chi connectivity index (χ4v) is 1.54. The minimum Gasteiger partial charge on any atom is -0.444 e. The van der Waals surface area contributed by atoms with E-state index in [0.29, 0.717) is 5.56 Å². The fraction of sp³-hybridized carbons (Fsp3) is 0.500. The van der Waals surface area contributed by atoms with Crippen LogP contribution in [-0.4, -0.2) is 29.4 Å². The number of aliphatic hydroxyl groups is 1. The number of rotatable bonds is 4. The van der Waals surface area contributed by atoms with E-state index in [0.717, 1.165) is 0 Å². The van der Waals surface area contributed by atoms with Crippen molar-refractivity contribution in [1.29, 1.82) is 0 Å². The van der Waals surface area contributed by atoms with Gasteiger partial charge in [-0.2, -0.15) is 0 Å². The van der Waals surface area contributed by atoms with Crippen molar-refractivity contribution >= 4 is 6.09 Å².